The summed E-state index contributed by atoms with van der Waals surface area (Å²) in [6.07, 6.45) is 5.55. The number of methoxy groups -OCH3 is 1. The van der Waals surface area contributed by atoms with Gasteiger partial charge >= 0.3 is 0 Å². The van der Waals surface area contributed by atoms with E-state index in [2.05, 4.69) is 5.32 Å². The predicted octanol–water partition coefficient (Wildman–Crippen LogP) is 2.36. The molecule has 1 aliphatic rings. The molecule has 0 heterocycles. The number of rotatable bonds is 8. The van der Waals surface area contributed by atoms with E-state index in [4.69, 9.17) is 9.47 Å². The Balaban J connectivity index is 1.63. The van der Waals surface area contributed by atoms with Crippen molar-refractivity contribution in [2.75, 3.05) is 26.9 Å². The molecular formula is C16H25NO3. The Morgan fingerprint density at radius 3 is 2.40 bits per heavy atom. The van der Waals surface area contributed by atoms with E-state index in [1.807, 2.05) is 24.3 Å². The van der Waals surface area contributed by atoms with E-state index in [0.29, 0.717) is 6.61 Å². The molecule has 1 aromatic rings. The highest BCUT2D eigenvalue weighted by molar-refractivity contribution is 5.31. The van der Waals surface area contributed by atoms with Crippen LogP contribution in [0, 0.1) is 0 Å². The van der Waals surface area contributed by atoms with Crippen molar-refractivity contribution in [1.29, 1.82) is 0 Å². The third-order valence-electron chi connectivity index (χ3n) is 4.01. The van der Waals surface area contributed by atoms with Gasteiger partial charge in [0.1, 0.15) is 11.5 Å². The normalized spacial score (nSPS) is 17.1. The van der Waals surface area contributed by atoms with Crippen molar-refractivity contribution < 1.29 is 14.6 Å². The highest BCUT2D eigenvalue weighted by atomic mass is 16.5. The Kier molecular flexibility index (Phi) is 5.68. The number of benzene rings is 1. The lowest BCUT2D eigenvalue weighted by Crippen LogP contribution is -2.46. The molecule has 4 nitrogen and oxygen atoms in total. The lowest BCUT2D eigenvalue weighted by molar-refractivity contribution is 0.161. The third-order valence-corrected chi connectivity index (χ3v) is 4.01. The second-order valence-electron chi connectivity index (χ2n) is 5.45. The monoisotopic (exact) mass is 279 g/mol. The second kappa shape index (κ2) is 7.50. The maximum absolute atomic E-state index is 9.49. The van der Waals surface area contributed by atoms with Crippen molar-refractivity contribution in [3.8, 4) is 11.5 Å². The molecule has 0 aromatic heterocycles. The van der Waals surface area contributed by atoms with E-state index in [0.717, 1.165) is 37.3 Å². The van der Waals surface area contributed by atoms with E-state index < -0.39 is 0 Å². The Labute approximate surface area is 121 Å². The number of hydrogen-bond acceptors (Lipinski definition) is 4. The van der Waals surface area contributed by atoms with Crippen molar-refractivity contribution in [1.82, 2.24) is 5.32 Å². The predicted molar refractivity (Wildman–Crippen MR) is 79.4 cm³/mol. The zero-order valence-electron chi connectivity index (χ0n) is 12.2. The minimum absolute atomic E-state index is 0.0277. The van der Waals surface area contributed by atoms with Gasteiger partial charge in [-0.3, -0.25) is 0 Å². The van der Waals surface area contributed by atoms with Gasteiger partial charge in [-0.2, -0.15) is 0 Å². The minimum Gasteiger partial charge on any atom is -0.497 e. The van der Waals surface area contributed by atoms with Gasteiger partial charge in [0.15, 0.2) is 0 Å². The molecule has 0 spiro atoms. The summed E-state index contributed by atoms with van der Waals surface area (Å²) in [5, 5.41) is 13.0. The van der Waals surface area contributed by atoms with Crippen molar-refractivity contribution >= 4 is 0 Å². The molecule has 0 aliphatic heterocycles. The first-order valence-corrected chi connectivity index (χ1v) is 7.41. The van der Waals surface area contributed by atoms with Crippen LogP contribution < -0.4 is 14.8 Å². The summed E-state index contributed by atoms with van der Waals surface area (Å²) in [5.41, 5.74) is -0.0277. The molecule has 0 unspecified atom stereocenters. The first-order valence-electron chi connectivity index (χ1n) is 7.41. The van der Waals surface area contributed by atoms with Crippen molar-refractivity contribution in [3.63, 3.8) is 0 Å². The molecule has 112 valence electrons. The molecule has 2 N–H and O–H groups in total. The molecule has 0 bridgehead atoms. The smallest absolute Gasteiger partial charge is 0.119 e. The third kappa shape index (κ3) is 4.12. The number of aliphatic hydroxyl groups is 1. The van der Waals surface area contributed by atoms with Crippen LogP contribution in [0.1, 0.15) is 32.1 Å². The standard InChI is InChI=1S/C16H25NO3/c1-19-14-5-7-15(8-6-14)20-12-4-11-17-16(13-18)9-2-3-10-16/h5-8,17-18H,2-4,9-13H2,1H3. The summed E-state index contributed by atoms with van der Waals surface area (Å²) < 4.78 is 10.8. The molecule has 1 aliphatic carbocycles. The number of ether oxygens (including phenoxy) is 2. The Morgan fingerprint density at radius 1 is 1.15 bits per heavy atom. The van der Waals surface area contributed by atoms with E-state index in [1.165, 1.54) is 12.8 Å². The average molecular weight is 279 g/mol. The fourth-order valence-corrected chi connectivity index (χ4v) is 2.73. The van der Waals surface area contributed by atoms with Crippen LogP contribution in [-0.4, -0.2) is 37.5 Å². The molecule has 1 saturated carbocycles. The molecule has 20 heavy (non-hydrogen) atoms. The van der Waals surface area contributed by atoms with Crippen LogP contribution in [-0.2, 0) is 0 Å². The largest absolute Gasteiger partial charge is 0.497 e. The lowest BCUT2D eigenvalue weighted by Gasteiger charge is -2.28. The molecule has 1 fully saturated rings. The number of nitrogens with one attached hydrogen (secondary N) is 1. The first kappa shape index (κ1) is 15.1. The van der Waals surface area contributed by atoms with Crippen LogP contribution in [0.5, 0.6) is 11.5 Å². The van der Waals surface area contributed by atoms with Crippen LogP contribution >= 0.6 is 0 Å². The molecular weight excluding hydrogens is 254 g/mol. The summed E-state index contributed by atoms with van der Waals surface area (Å²) in [6.45, 7) is 1.81. The molecule has 1 aromatic carbocycles. The van der Waals surface area contributed by atoms with Crippen molar-refractivity contribution in [2.24, 2.45) is 0 Å². The van der Waals surface area contributed by atoms with Gasteiger partial charge in [-0.1, -0.05) is 12.8 Å². The molecule has 0 radical (unpaired) electrons. The maximum atomic E-state index is 9.49. The quantitative estimate of drug-likeness (QED) is 0.717. The first-order chi connectivity index (χ1) is 9.78. The maximum Gasteiger partial charge on any atom is 0.119 e. The zero-order valence-corrected chi connectivity index (χ0v) is 12.2. The molecule has 0 amide bonds. The average Bonchev–Trinajstić information content (AvgIpc) is 2.97. The zero-order chi connectivity index (χ0) is 14.3. The van der Waals surface area contributed by atoms with Crippen molar-refractivity contribution in [3.05, 3.63) is 24.3 Å². The Bertz CT molecular complexity index is 385. The van der Waals surface area contributed by atoms with Gasteiger partial charge in [0.2, 0.25) is 0 Å². The van der Waals surface area contributed by atoms with Gasteiger partial charge in [0.05, 0.1) is 20.3 Å². The minimum atomic E-state index is -0.0277. The fraction of sp³-hybridized carbons (Fsp3) is 0.625. The van der Waals surface area contributed by atoms with Gasteiger partial charge in [-0.25, -0.2) is 0 Å². The van der Waals surface area contributed by atoms with Crippen LogP contribution in [0.2, 0.25) is 0 Å². The highest BCUT2D eigenvalue weighted by Gasteiger charge is 2.31. The summed E-state index contributed by atoms with van der Waals surface area (Å²) in [6, 6.07) is 7.62. The number of aliphatic hydroxyl groups excluding tert-OH is 1. The van der Waals surface area contributed by atoms with Gasteiger partial charge in [0, 0.05) is 5.54 Å². The summed E-state index contributed by atoms with van der Waals surface area (Å²) >= 11 is 0. The van der Waals surface area contributed by atoms with Crippen LogP contribution in [0.15, 0.2) is 24.3 Å². The van der Waals surface area contributed by atoms with E-state index in [1.54, 1.807) is 7.11 Å². The van der Waals surface area contributed by atoms with Gasteiger partial charge < -0.3 is 19.9 Å². The van der Waals surface area contributed by atoms with Crippen LogP contribution in [0.4, 0.5) is 0 Å². The molecule has 0 atom stereocenters. The SMILES string of the molecule is COc1ccc(OCCCNC2(CO)CCCC2)cc1. The van der Waals surface area contributed by atoms with Crippen molar-refractivity contribution in [2.45, 2.75) is 37.6 Å². The van der Waals surface area contributed by atoms with E-state index in [9.17, 15) is 5.11 Å². The summed E-state index contributed by atoms with van der Waals surface area (Å²) in [5.74, 6) is 1.70. The Morgan fingerprint density at radius 2 is 1.80 bits per heavy atom. The lowest BCUT2D eigenvalue weighted by atomic mass is 9.99. The van der Waals surface area contributed by atoms with Crippen LogP contribution in [0.3, 0.4) is 0 Å². The molecule has 2 rings (SSSR count). The second-order valence-corrected chi connectivity index (χ2v) is 5.45. The van der Waals surface area contributed by atoms with Gasteiger partial charge in [0.25, 0.3) is 0 Å². The molecule has 4 heteroatoms. The van der Waals surface area contributed by atoms with Gasteiger partial charge in [-0.15, -0.1) is 0 Å². The summed E-state index contributed by atoms with van der Waals surface area (Å²) in [4.78, 5) is 0. The van der Waals surface area contributed by atoms with Crippen LogP contribution in [0.25, 0.3) is 0 Å². The van der Waals surface area contributed by atoms with Gasteiger partial charge in [-0.05, 0) is 50.1 Å². The van der Waals surface area contributed by atoms with E-state index in [-0.39, 0.29) is 12.1 Å². The highest BCUT2D eigenvalue weighted by Crippen LogP contribution is 2.28. The fourth-order valence-electron chi connectivity index (χ4n) is 2.73. The Hall–Kier alpha value is -1.26. The number of hydrogen-bond donors (Lipinski definition) is 2. The van der Waals surface area contributed by atoms with E-state index >= 15 is 0 Å². The molecule has 0 saturated heterocycles. The summed E-state index contributed by atoms with van der Waals surface area (Å²) in [7, 11) is 1.65. The topological polar surface area (TPSA) is 50.7 Å².